The Balaban J connectivity index is 1.92. The van der Waals surface area contributed by atoms with Crippen molar-refractivity contribution in [3.05, 3.63) is 0 Å². The highest BCUT2D eigenvalue weighted by atomic mass is 19.4. The van der Waals surface area contributed by atoms with E-state index in [4.69, 9.17) is 0 Å². The molecular weight excluding hydrogens is 207 g/mol. The molecular formula is C9H18F3N3. The average Bonchev–Trinajstić information content (AvgIpc) is 2.17. The number of alkyl halides is 3. The molecule has 0 spiro atoms. The maximum Gasteiger partial charge on any atom is 0.390 e. The van der Waals surface area contributed by atoms with Gasteiger partial charge in [0.2, 0.25) is 0 Å². The van der Waals surface area contributed by atoms with Crippen molar-refractivity contribution in [3.63, 3.8) is 0 Å². The first-order chi connectivity index (χ1) is 7.08. The molecule has 0 amide bonds. The highest BCUT2D eigenvalue weighted by Gasteiger charge is 2.25. The molecule has 0 aliphatic carbocycles. The maximum atomic E-state index is 11.8. The third-order valence-corrected chi connectivity index (χ3v) is 2.40. The van der Waals surface area contributed by atoms with Gasteiger partial charge in [0.1, 0.15) is 0 Å². The van der Waals surface area contributed by atoms with E-state index in [1.54, 1.807) is 0 Å². The number of halogens is 3. The third-order valence-electron chi connectivity index (χ3n) is 2.40. The van der Waals surface area contributed by atoms with Gasteiger partial charge < -0.3 is 10.6 Å². The fourth-order valence-electron chi connectivity index (χ4n) is 1.53. The summed E-state index contributed by atoms with van der Waals surface area (Å²) in [6, 6.07) is 0. The zero-order valence-corrected chi connectivity index (χ0v) is 8.74. The number of nitrogens with one attached hydrogen (secondary N) is 2. The van der Waals surface area contributed by atoms with Crippen molar-refractivity contribution in [2.75, 3.05) is 45.8 Å². The summed E-state index contributed by atoms with van der Waals surface area (Å²) in [6.45, 7) is 5.41. The van der Waals surface area contributed by atoms with Gasteiger partial charge in [0.25, 0.3) is 0 Å². The SMILES string of the molecule is FC(F)(F)CCNCCN1CCNCC1. The Kier molecular flexibility index (Phi) is 5.35. The summed E-state index contributed by atoms with van der Waals surface area (Å²) in [4.78, 5) is 2.25. The van der Waals surface area contributed by atoms with Crippen LogP contribution in [0.25, 0.3) is 0 Å². The lowest BCUT2D eigenvalue weighted by molar-refractivity contribution is -0.133. The Bertz CT molecular complexity index is 166. The molecule has 0 bridgehead atoms. The van der Waals surface area contributed by atoms with E-state index in [2.05, 4.69) is 15.5 Å². The largest absolute Gasteiger partial charge is 0.390 e. The van der Waals surface area contributed by atoms with E-state index in [1.807, 2.05) is 0 Å². The molecule has 0 radical (unpaired) electrons. The zero-order chi connectivity index (χ0) is 11.1. The van der Waals surface area contributed by atoms with Crippen LogP contribution >= 0.6 is 0 Å². The molecule has 15 heavy (non-hydrogen) atoms. The summed E-state index contributed by atoms with van der Waals surface area (Å²) in [5.41, 5.74) is 0. The average molecular weight is 225 g/mol. The fourth-order valence-corrected chi connectivity index (χ4v) is 1.53. The monoisotopic (exact) mass is 225 g/mol. The van der Waals surface area contributed by atoms with Crippen molar-refractivity contribution in [3.8, 4) is 0 Å². The summed E-state index contributed by atoms with van der Waals surface area (Å²) < 4.78 is 35.3. The Morgan fingerprint density at radius 2 is 1.80 bits per heavy atom. The van der Waals surface area contributed by atoms with Crippen molar-refractivity contribution in [1.29, 1.82) is 0 Å². The summed E-state index contributed by atoms with van der Waals surface area (Å²) >= 11 is 0. The van der Waals surface area contributed by atoms with Gasteiger partial charge in [0.15, 0.2) is 0 Å². The molecule has 1 fully saturated rings. The molecule has 2 N–H and O–H groups in total. The van der Waals surface area contributed by atoms with E-state index in [-0.39, 0.29) is 6.54 Å². The first-order valence-electron chi connectivity index (χ1n) is 5.28. The molecule has 0 aromatic heterocycles. The van der Waals surface area contributed by atoms with Crippen LogP contribution in [0.3, 0.4) is 0 Å². The van der Waals surface area contributed by atoms with E-state index < -0.39 is 12.6 Å². The van der Waals surface area contributed by atoms with E-state index >= 15 is 0 Å². The third kappa shape index (κ3) is 6.70. The standard InChI is InChI=1S/C9H18F3N3/c10-9(11,12)1-2-13-3-6-15-7-4-14-5-8-15/h13-14H,1-8H2. The van der Waals surface area contributed by atoms with E-state index in [9.17, 15) is 13.2 Å². The van der Waals surface area contributed by atoms with E-state index in [1.165, 1.54) is 0 Å². The van der Waals surface area contributed by atoms with Crippen LogP contribution in [0.1, 0.15) is 6.42 Å². The minimum atomic E-state index is -4.04. The second kappa shape index (κ2) is 6.30. The number of nitrogens with zero attached hydrogens (tertiary/aromatic N) is 1. The molecule has 3 nitrogen and oxygen atoms in total. The van der Waals surface area contributed by atoms with Crippen molar-refractivity contribution in [2.45, 2.75) is 12.6 Å². The van der Waals surface area contributed by atoms with Crippen LogP contribution in [0, 0.1) is 0 Å². The van der Waals surface area contributed by atoms with Gasteiger partial charge in [-0.1, -0.05) is 0 Å². The molecule has 1 aliphatic rings. The molecule has 0 saturated carbocycles. The Morgan fingerprint density at radius 3 is 2.40 bits per heavy atom. The Hall–Kier alpha value is -0.330. The highest BCUT2D eigenvalue weighted by molar-refractivity contribution is 4.68. The van der Waals surface area contributed by atoms with Gasteiger partial charge in [-0.15, -0.1) is 0 Å². The molecule has 0 aromatic carbocycles. The second-order valence-corrected chi connectivity index (χ2v) is 3.71. The predicted molar refractivity (Wildman–Crippen MR) is 52.9 cm³/mol. The Morgan fingerprint density at radius 1 is 1.13 bits per heavy atom. The quantitative estimate of drug-likeness (QED) is 0.665. The maximum absolute atomic E-state index is 11.8. The van der Waals surface area contributed by atoms with Crippen molar-refractivity contribution >= 4 is 0 Å². The van der Waals surface area contributed by atoms with Gasteiger partial charge in [0, 0.05) is 45.8 Å². The van der Waals surface area contributed by atoms with Gasteiger partial charge in [-0.25, -0.2) is 0 Å². The van der Waals surface area contributed by atoms with Crippen LogP contribution < -0.4 is 10.6 Å². The lowest BCUT2D eigenvalue weighted by Gasteiger charge is -2.27. The van der Waals surface area contributed by atoms with Crippen LogP contribution in [0.4, 0.5) is 13.2 Å². The van der Waals surface area contributed by atoms with Crippen molar-refractivity contribution in [1.82, 2.24) is 15.5 Å². The molecule has 1 aliphatic heterocycles. The van der Waals surface area contributed by atoms with E-state index in [0.29, 0.717) is 6.54 Å². The fraction of sp³-hybridized carbons (Fsp3) is 1.00. The van der Waals surface area contributed by atoms with Crippen LogP contribution in [0.2, 0.25) is 0 Å². The van der Waals surface area contributed by atoms with Gasteiger partial charge in [-0.05, 0) is 0 Å². The van der Waals surface area contributed by atoms with Gasteiger partial charge in [-0.2, -0.15) is 13.2 Å². The second-order valence-electron chi connectivity index (χ2n) is 3.71. The van der Waals surface area contributed by atoms with Gasteiger partial charge in [0.05, 0.1) is 6.42 Å². The van der Waals surface area contributed by atoms with Gasteiger partial charge in [-0.3, -0.25) is 4.90 Å². The molecule has 1 heterocycles. The number of rotatable bonds is 5. The van der Waals surface area contributed by atoms with Crippen LogP contribution in [0.5, 0.6) is 0 Å². The smallest absolute Gasteiger partial charge is 0.315 e. The lowest BCUT2D eigenvalue weighted by Crippen LogP contribution is -2.45. The molecule has 0 atom stereocenters. The van der Waals surface area contributed by atoms with Crippen LogP contribution in [-0.2, 0) is 0 Å². The van der Waals surface area contributed by atoms with Crippen LogP contribution in [0.15, 0.2) is 0 Å². The first kappa shape index (κ1) is 12.7. The first-order valence-corrected chi connectivity index (χ1v) is 5.28. The predicted octanol–water partition coefficient (Wildman–Crippen LogP) is 0.434. The zero-order valence-electron chi connectivity index (χ0n) is 8.74. The Labute approximate surface area is 88.0 Å². The van der Waals surface area contributed by atoms with Gasteiger partial charge >= 0.3 is 6.18 Å². The molecule has 1 saturated heterocycles. The summed E-state index contributed by atoms with van der Waals surface area (Å²) in [7, 11) is 0. The van der Waals surface area contributed by atoms with Crippen LogP contribution in [-0.4, -0.2) is 56.9 Å². The lowest BCUT2D eigenvalue weighted by atomic mass is 10.3. The van der Waals surface area contributed by atoms with Crippen molar-refractivity contribution in [2.24, 2.45) is 0 Å². The molecule has 0 unspecified atom stereocenters. The summed E-state index contributed by atoms with van der Waals surface area (Å²) in [6.07, 6.45) is -4.78. The number of hydrogen-bond acceptors (Lipinski definition) is 3. The summed E-state index contributed by atoms with van der Waals surface area (Å²) in [5, 5.41) is 6.03. The normalized spacial score (nSPS) is 19.4. The molecule has 90 valence electrons. The topological polar surface area (TPSA) is 27.3 Å². The number of piperazine rings is 1. The molecule has 6 heteroatoms. The van der Waals surface area contributed by atoms with Crippen molar-refractivity contribution < 1.29 is 13.2 Å². The minimum Gasteiger partial charge on any atom is -0.315 e. The number of hydrogen-bond donors (Lipinski definition) is 2. The minimum absolute atomic E-state index is 0.0234. The molecule has 1 rings (SSSR count). The molecule has 0 aromatic rings. The summed E-state index contributed by atoms with van der Waals surface area (Å²) in [5.74, 6) is 0. The van der Waals surface area contributed by atoms with E-state index in [0.717, 1.165) is 32.7 Å². The highest BCUT2D eigenvalue weighted by Crippen LogP contribution is 2.17.